The molecule has 0 bridgehead atoms. The van der Waals surface area contributed by atoms with Crippen molar-refractivity contribution in [3.8, 4) is 11.5 Å². The van der Waals surface area contributed by atoms with E-state index in [0.29, 0.717) is 49.7 Å². The normalized spacial score (nSPS) is 16.8. The largest absolute Gasteiger partial charge is 0.528 e. The zero-order chi connectivity index (χ0) is 29.6. The Morgan fingerprint density at radius 3 is 2.27 bits per heavy atom. The summed E-state index contributed by atoms with van der Waals surface area (Å²) in [4.78, 5) is 43.9. The second-order valence-electron chi connectivity index (χ2n) is 11.2. The molecule has 222 valence electrons. The van der Waals surface area contributed by atoms with E-state index >= 15 is 0 Å². The van der Waals surface area contributed by atoms with Gasteiger partial charge in [-0.25, -0.2) is 9.59 Å². The highest BCUT2D eigenvalue weighted by molar-refractivity contribution is 5.77. The summed E-state index contributed by atoms with van der Waals surface area (Å²) in [5, 5.41) is 1.56. The SMILES string of the molecule is CCOC(=O)C(Oc1ccc2c(c1)CN(OC(=O)OC(C)(C)C)CC2)c1ccc(OC2CCN(C(C)=O)CC2)cc1. The predicted octanol–water partition coefficient (Wildman–Crippen LogP) is 4.98. The van der Waals surface area contributed by atoms with Gasteiger partial charge in [0, 0.05) is 45.0 Å². The van der Waals surface area contributed by atoms with Gasteiger partial charge in [-0.15, -0.1) is 5.06 Å². The number of carbonyl (C=O) groups is 3. The van der Waals surface area contributed by atoms with Crippen molar-refractivity contribution in [3.05, 3.63) is 59.2 Å². The highest BCUT2D eigenvalue weighted by Crippen LogP contribution is 2.30. The third-order valence-corrected chi connectivity index (χ3v) is 6.88. The van der Waals surface area contributed by atoms with Crippen LogP contribution in [0.3, 0.4) is 0 Å². The van der Waals surface area contributed by atoms with Gasteiger partial charge in [0.1, 0.15) is 23.2 Å². The third kappa shape index (κ3) is 8.60. The lowest BCUT2D eigenvalue weighted by Gasteiger charge is -2.31. The quantitative estimate of drug-likeness (QED) is 0.408. The molecule has 1 saturated heterocycles. The molecule has 10 nitrogen and oxygen atoms in total. The van der Waals surface area contributed by atoms with Gasteiger partial charge in [0.05, 0.1) is 13.2 Å². The number of rotatable bonds is 8. The van der Waals surface area contributed by atoms with E-state index in [2.05, 4.69) is 0 Å². The number of likely N-dealkylation sites (tertiary alicyclic amines) is 1. The lowest BCUT2D eigenvalue weighted by molar-refractivity contribution is -0.152. The van der Waals surface area contributed by atoms with E-state index in [-0.39, 0.29) is 18.6 Å². The Kier molecular flexibility index (Phi) is 9.75. The van der Waals surface area contributed by atoms with E-state index in [1.165, 1.54) is 0 Å². The first-order valence-corrected chi connectivity index (χ1v) is 14.1. The van der Waals surface area contributed by atoms with E-state index < -0.39 is 23.8 Å². The van der Waals surface area contributed by atoms with Crippen LogP contribution < -0.4 is 9.47 Å². The first-order valence-electron chi connectivity index (χ1n) is 14.1. The van der Waals surface area contributed by atoms with Crippen molar-refractivity contribution < 1.29 is 38.2 Å². The van der Waals surface area contributed by atoms with Crippen LogP contribution in [0.25, 0.3) is 0 Å². The second-order valence-corrected chi connectivity index (χ2v) is 11.2. The maximum atomic E-state index is 12.9. The molecule has 2 heterocycles. The number of hydrogen-bond donors (Lipinski definition) is 0. The van der Waals surface area contributed by atoms with Gasteiger partial charge in [0.15, 0.2) is 0 Å². The minimum absolute atomic E-state index is 0.0305. The molecule has 4 rings (SSSR count). The molecule has 0 aromatic heterocycles. The zero-order valence-electron chi connectivity index (χ0n) is 24.5. The maximum Gasteiger partial charge on any atom is 0.528 e. The number of piperidine rings is 1. The minimum Gasteiger partial charge on any atom is -0.490 e. The van der Waals surface area contributed by atoms with Crippen LogP contribution in [0.4, 0.5) is 4.79 Å². The molecule has 0 aliphatic carbocycles. The third-order valence-electron chi connectivity index (χ3n) is 6.88. The summed E-state index contributed by atoms with van der Waals surface area (Å²) in [7, 11) is 0. The van der Waals surface area contributed by atoms with Crippen molar-refractivity contribution in [2.45, 2.75) is 78.2 Å². The molecular formula is C31H40N2O8. The van der Waals surface area contributed by atoms with E-state index in [1.807, 2.05) is 35.2 Å². The van der Waals surface area contributed by atoms with Gasteiger partial charge in [-0.2, -0.15) is 0 Å². The van der Waals surface area contributed by atoms with Gasteiger partial charge in [-0.1, -0.05) is 18.2 Å². The van der Waals surface area contributed by atoms with Crippen LogP contribution in [0.2, 0.25) is 0 Å². The Balaban J connectivity index is 1.42. The summed E-state index contributed by atoms with van der Waals surface area (Å²) >= 11 is 0. The Morgan fingerprint density at radius 2 is 1.63 bits per heavy atom. The number of nitrogens with zero attached hydrogens (tertiary/aromatic N) is 2. The first kappa shape index (κ1) is 30.2. The van der Waals surface area contributed by atoms with Gasteiger partial charge in [-0.3, -0.25) is 4.79 Å². The van der Waals surface area contributed by atoms with E-state index in [9.17, 15) is 14.4 Å². The van der Waals surface area contributed by atoms with Crippen LogP contribution in [0.1, 0.15) is 70.3 Å². The van der Waals surface area contributed by atoms with E-state index in [0.717, 1.165) is 24.0 Å². The molecule has 0 spiro atoms. The van der Waals surface area contributed by atoms with Crippen molar-refractivity contribution in [2.75, 3.05) is 26.2 Å². The van der Waals surface area contributed by atoms with Crippen LogP contribution in [-0.4, -0.2) is 65.9 Å². The van der Waals surface area contributed by atoms with Crippen LogP contribution in [0.5, 0.6) is 11.5 Å². The standard InChI is InChI=1S/C31H40N2O8/c1-6-37-29(35)28(23-8-10-25(11-9-23)38-26-14-16-32(17-15-26)21(2)34)39-27-12-7-22-13-18-33(20-24(22)19-27)41-30(36)40-31(3,4)5/h7-12,19,26,28H,6,13-18,20H2,1-5H3. The number of benzene rings is 2. The molecule has 41 heavy (non-hydrogen) atoms. The fourth-order valence-corrected chi connectivity index (χ4v) is 4.84. The zero-order valence-corrected chi connectivity index (χ0v) is 24.5. The molecule has 0 radical (unpaired) electrons. The number of amides is 1. The Labute approximate surface area is 241 Å². The average Bonchev–Trinajstić information content (AvgIpc) is 2.91. The molecule has 1 unspecified atom stereocenters. The lowest BCUT2D eigenvalue weighted by Crippen LogP contribution is -2.40. The minimum atomic E-state index is -0.974. The van der Waals surface area contributed by atoms with Crippen molar-refractivity contribution >= 4 is 18.0 Å². The van der Waals surface area contributed by atoms with Crippen molar-refractivity contribution in [2.24, 2.45) is 0 Å². The molecular weight excluding hydrogens is 528 g/mol. The van der Waals surface area contributed by atoms with Crippen LogP contribution in [-0.2, 0) is 36.9 Å². The van der Waals surface area contributed by atoms with Crippen LogP contribution in [0.15, 0.2) is 42.5 Å². The monoisotopic (exact) mass is 568 g/mol. The summed E-state index contributed by atoms with van der Waals surface area (Å²) in [5.41, 5.74) is 2.03. The summed E-state index contributed by atoms with van der Waals surface area (Å²) in [6.45, 7) is 11.2. The van der Waals surface area contributed by atoms with Crippen molar-refractivity contribution in [3.63, 3.8) is 0 Å². The highest BCUT2D eigenvalue weighted by atomic mass is 16.8. The van der Waals surface area contributed by atoms with Crippen LogP contribution in [0, 0.1) is 0 Å². The summed E-state index contributed by atoms with van der Waals surface area (Å²) in [6, 6.07) is 12.9. The molecule has 2 aromatic rings. The molecule has 2 aliphatic rings. The molecule has 0 saturated carbocycles. The Hall–Kier alpha value is -3.79. The van der Waals surface area contributed by atoms with Gasteiger partial charge in [0.2, 0.25) is 12.0 Å². The Bertz CT molecular complexity index is 1220. The molecule has 2 aliphatic heterocycles. The van der Waals surface area contributed by atoms with Crippen molar-refractivity contribution in [1.82, 2.24) is 9.96 Å². The smallest absolute Gasteiger partial charge is 0.490 e. The maximum absolute atomic E-state index is 12.9. The molecule has 0 N–H and O–H groups in total. The second kappa shape index (κ2) is 13.2. The van der Waals surface area contributed by atoms with Gasteiger partial charge in [0.25, 0.3) is 0 Å². The fraction of sp³-hybridized carbons (Fsp3) is 0.516. The van der Waals surface area contributed by atoms with E-state index in [4.69, 9.17) is 23.8 Å². The number of fused-ring (bicyclic) bond motifs is 1. The highest BCUT2D eigenvalue weighted by Gasteiger charge is 2.28. The van der Waals surface area contributed by atoms with Crippen LogP contribution >= 0.6 is 0 Å². The van der Waals surface area contributed by atoms with Crippen molar-refractivity contribution in [1.29, 1.82) is 0 Å². The molecule has 1 fully saturated rings. The lowest BCUT2D eigenvalue weighted by atomic mass is 10.0. The number of hydrogen-bond acceptors (Lipinski definition) is 9. The topological polar surface area (TPSA) is 104 Å². The summed E-state index contributed by atoms with van der Waals surface area (Å²) in [5.74, 6) is 0.781. The molecule has 1 amide bonds. The molecule has 2 aromatic carbocycles. The fourth-order valence-electron chi connectivity index (χ4n) is 4.84. The van der Waals surface area contributed by atoms with Gasteiger partial charge < -0.3 is 28.7 Å². The molecule has 10 heteroatoms. The van der Waals surface area contributed by atoms with Gasteiger partial charge in [-0.05, 0) is 69.5 Å². The average molecular weight is 569 g/mol. The van der Waals surface area contributed by atoms with E-state index in [1.54, 1.807) is 51.8 Å². The number of ether oxygens (including phenoxy) is 4. The first-order chi connectivity index (χ1) is 19.5. The Morgan fingerprint density at radius 1 is 0.951 bits per heavy atom. The van der Waals surface area contributed by atoms with Gasteiger partial charge >= 0.3 is 12.1 Å². The predicted molar refractivity (Wildman–Crippen MR) is 150 cm³/mol. The summed E-state index contributed by atoms with van der Waals surface area (Å²) < 4.78 is 22.9. The molecule has 1 atom stereocenters. The number of carbonyl (C=O) groups excluding carboxylic acids is 3. The summed E-state index contributed by atoms with van der Waals surface area (Å²) in [6.07, 6.45) is 0.545. The number of esters is 1. The number of hydroxylamine groups is 2.